The first-order valence-corrected chi connectivity index (χ1v) is 8.55. The van der Waals surface area contributed by atoms with Gasteiger partial charge in [0.1, 0.15) is 0 Å². The predicted molar refractivity (Wildman–Crippen MR) is 95.8 cm³/mol. The minimum absolute atomic E-state index is 0.141. The maximum absolute atomic E-state index is 11.9. The van der Waals surface area contributed by atoms with E-state index in [2.05, 4.69) is 22.0 Å². The van der Waals surface area contributed by atoms with Gasteiger partial charge in [0.2, 0.25) is 5.91 Å². The second-order valence-electron chi connectivity index (χ2n) is 6.60. The molecule has 0 aromatic heterocycles. The molecular formula is C18H27N3O3. The lowest BCUT2D eigenvalue weighted by atomic mass is 10.1. The Labute approximate surface area is 143 Å². The second-order valence-corrected chi connectivity index (χ2v) is 6.60. The molecule has 2 rings (SSSR count). The molecule has 1 aromatic carbocycles. The van der Waals surface area contributed by atoms with Crippen LogP contribution < -0.4 is 10.2 Å². The molecule has 1 amide bonds. The van der Waals surface area contributed by atoms with Gasteiger partial charge in [-0.3, -0.25) is 4.79 Å². The lowest BCUT2D eigenvalue weighted by Gasteiger charge is -2.35. The van der Waals surface area contributed by atoms with Gasteiger partial charge in [0.25, 0.3) is 0 Å². The van der Waals surface area contributed by atoms with E-state index >= 15 is 0 Å². The molecule has 1 heterocycles. The van der Waals surface area contributed by atoms with Gasteiger partial charge in [-0.05, 0) is 30.7 Å². The Bertz CT molecular complexity index is 593. The molecule has 1 saturated heterocycles. The summed E-state index contributed by atoms with van der Waals surface area (Å²) in [5.41, 5.74) is 1.40. The Hall–Kier alpha value is -2.08. The average Bonchev–Trinajstić information content (AvgIpc) is 2.54. The highest BCUT2D eigenvalue weighted by atomic mass is 16.4. The summed E-state index contributed by atoms with van der Waals surface area (Å²) in [7, 11) is 0. The minimum atomic E-state index is -1.02. The van der Waals surface area contributed by atoms with E-state index in [9.17, 15) is 14.7 Å². The number of nitrogens with zero attached hydrogens (tertiary/aromatic N) is 2. The third kappa shape index (κ3) is 4.71. The van der Waals surface area contributed by atoms with Gasteiger partial charge < -0.3 is 20.2 Å². The fourth-order valence-corrected chi connectivity index (χ4v) is 2.91. The van der Waals surface area contributed by atoms with E-state index in [4.69, 9.17) is 0 Å². The Morgan fingerprint density at radius 3 is 2.42 bits per heavy atom. The quantitative estimate of drug-likeness (QED) is 0.837. The molecule has 0 atom stereocenters. The molecule has 0 saturated carbocycles. The smallest absolute Gasteiger partial charge is 0.337 e. The number of benzene rings is 1. The first-order chi connectivity index (χ1) is 11.4. The minimum Gasteiger partial charge on any atom is -0.478 e. The molecule has 6 heteroatoms. The van der Waals surface area contributed by atoms with E-state index in [1.165, 1.54) is 0 Å². The average molecular weight is 333 g/mol. The molecule has 0 spiro atoms. The topological polar surface area (TPSA) is 72.9 Å². The zero-order valence-corrected chi connectivity index (χ0v) is 14.7. The molecular weight excluding hydrogens is 306 g/mol. The summed E-state index contributed by atoms with van der Waals surface area (Å²) in [6.45, 7) is 10.8. The van der Waals surface area contributed by atoms with E-state index in [0.29, 0.717) is 12.1 Å². The van der Waals surface area contributed by atoms with Crippen molar-refractivity contribution in [1.82, 2.24) is 4.90 Å². The molecule has 0 bridgehead atoms. The van der Waals surface area contributed by atoms with Gasteiger partial charge in [-0.15, -0.1) is 0 Å². The highest BCUT2D eigenvalue weighted by Crippen LogP contribution is 2.25. The number of carbonyl (C=O) groups excluding carboxylic acids is 1. The number of nitrogens with one attached hydrogen (secondary N) is 1. The summed E-state index contributed by atoms with van der Waals surface area (Å²) in [6, 6.07) is 5.25. The third-order valence-corrected chi connectivity index (χ3v) is 4.29. The van der Waals surface area contributed by atoms with Crippen LogP contribution >= 0.6 is 0 Å². The zero-order chi connectivity index (χ0) is 17.7. The van der Waals surface area contributed by atoms with Crippen molar-refractivity contribution in [3.05, 3.63) is 23.8 Å². The van der Waals surface area contributed by atoms with E-state index in [1.807, 2.05) is 19.9 Å². The van der Waals surface area contributed by atoms with E-state index < -0.39 is 5.97 Å². The number of carboxylic acid groups (broad SMARTS) is 1. The van der Waals surface area contributed by atoms with E-state index in [1.54, 1.807) is 12.1 Å². The van der Waals surface area contributed by atoms with Crippen molar-refractivity contribution in [2.24, 2.45) is 5.92 Å². The standard InChI is InChI=1S/C18H27N3O3/c1-4-20-7-9-21(10-8-20)14-5-6-16(15(12-14)18(23)24)19-17(22)11-13(2)3/h5-6,12-13H,4,7-11H2,1-3H3,(H,19,22)(H,23,24). The number of hydrogen-bond acceptors (Lipinski definition) is 4. The number of carbonyl (C=O) groups is 2. The molecule has 0 unspecified atom stereocenters. The summed E-state index contributed by atoms with van der Waals surface area (Å²) in [5, 5.41) is 12.2. The predicted octanol–water partition coefficient (Wildman–Crippen LogP) is 2.51. The van der Waals surface area contributed by atoms with Crippen LogP contribution in [-0.2, 0) is 4.79 Å². The molecule has 1 aliphatic heterocycles. The van der Waals surface area contributed by atoms with Crippen LogP contribution in [-0.4, -0.2) is 54.6 Å². The summed E-state index contributed by atoms with van der Waals surface area (Å²) in [4.78, 5) is 28.1. The molecule has 1 fully saturated rings. The lowest BCUT2D eigenvalue weighted by molar-refractivity contribution is -0.116. The van der Waals surface area contributed by atoms with Crippen molar-refractivity contribution >= 4 is 23.3 Å². The van der Waals surface area contributed by atoms with Crippen LogP contribution in [0.4, 0.5) is 11.4 Å². The Balaban J connectivity index is 2.14. The van der Waals surface area contributed by atoms with Gasteiger partial charge in [0.05, 0.1) is 11.3 Å². The van der Waals surface area contributed by atoms with Crippen LogP contribution in [0.25, 0.3) is 0 Å². The van der Waals surface area contributed by atoms with Crippen molar-refractivity contribution < 1.29 is 14.7 Å². The Kier molecular flexibility index (Phi) is 6.20. The Morgan fingerprint density at radius 1 is 1.21 bits per heavy atom. The number of carboxylic acids is 1. The number of aromatic carboxylic acids is 1. The van der Waals surface area contributed by atoms with Crippen molar-refractivity contribution in [2.45, 2.75) is 27.2 Å². The van der Waals surface area contributed by atoms with E-state index in [-0.39, 0.29) is 17.4 Å². The highest BCUT2D eigenvalue weighted by molar-refractivity contribution is 6.01. The maximum Gasteiger partial charge on any atom is 0.337 e. The van der Waals surface area contributed by atoms with Crippen molar-refractivity contribution in [2.75, 3.05) is 42.9 Å². The molecule has 24 heavy (non-hydrogen) atoms. The van der Waals surface area contributed by atoms with Crippen molar-refractivity contribution in [3.63, 3.8) is 0 Å². The van der Waals surface area contributed by atoms with Crippen LogP contribution in [0.2, 0.25) is 0 Å². The third-order valence-electron chi connectivity index (χ3n) is 4.29. The van der Waals surface area contributed by atoms with Gasteiger partial charge in [0.15, 0.2) is 0 Å². The fraction of sp³-hybridized carbons (Fsp3) is 0.556. The van der Waals surface area contributed by atoms with Crippen LogP contribution in [0.15, 0.2) is 18.2 Å². The number of likely N-dealkylation sites (N-methyl/N-ethyl adjacent to an activating group) is 1. The first-order valence-electron chi connectivity index (χ1n) is 8.55. The van der Waals surface area contributed by atoms with Crippen LogP contribution in [0, 0.1) is 5.92 Å². The molecule has 1 aromatic rings. The maximum atomic E-state index is 11.9. The number of piperazine rings is 1. The summed E-state index contributed by atoms with van der Waals surface area (Å²) < 4.78 is 0. The van der Waals surface area contributed by atoms with Gasteiger partial charge in [-0.25, -0.2) is 4.79 Å². The molecule has 0 radical (unpaired) electrons. The summed E-state index contributed by atoms with van der Waals surface area (Å²) in [5.74, 6) is -0.951. The summed E-state index contributed by atoms with van der Waals surface area (Å²) >= 11 is 0. The second kappa shape index (κ2) is 8.15. The van der Waals surface area contributed by atoms with Crippen LogP contribution in [0.1, 0.15) is 37.6 Å². The summed E-state index contributed by atoms with van der Waals surface area (Å²) in [6.07, 6.45) is 0.375. The number of anilines is 2. The monoisotopic (exact) mass is 333 g/mol. The van der Waals surface area contributed by atoms with Crippen LogP contribution in [0.5, 0.6) is 0 Å². The fourth-order valence-electron chi connectivity index (χ4n) is 2.91. The molecule has 132 valence electrons. The Morgan fingerprint density at radius 2 is 1.88 bits per heavy atom. The first kappa shape index (κ1) is 18.3. The molecule has 2 N–H and O–H groups in total. The number of rotatable bonds is 6. The molecule has 6 nitrogen and oxygen atoms in total. The normalized spacial score (nSPS) is 15.6. The highest BCUT2D eigenvalue weighted by Gasteiger charge is 2.19. The lowest BCUT2D eigenvalue weighted by Crippen LogP contribution is -2.46. The largest absolute Gasteiger partial charge is 0.478 e. The van der Waals surface area contributed by atoms with Gasteiger partial charge in [-0.2, -0.15) is 0 Å². The van der Waals surface area contributed by atoms with Gasteiger partial charge >= 0.3 is 5.97 Å². The van der Waals surface area contributed by atoms with Gasteiger partial charge in [-0.1, -0.05) is 20.8 Å². The molecule has 1 aliphatic rings. The van der Waals surface area contributed by atoms with Crippen molar-refractivity contribution in [3.8, 4) is 0 Å². The molecule has 0 aliphatic carbocycles. The number of hydrogen-bond donors (Lipinski definition) is 2. The van der Waals surface area contributed by atoms with Gasteiger partial charge in [0, 0.05) is 38.3 Å². The van der Waals surface area contributed by atoms with Crippen molar-refractivity contribution in [1.29, 1.82) is 0 Å². The zero-order valence-electron chi connectivity index (χ0n) is 14.7. The number of amides is 1. The van der Waals surface area contributed by atoms with Crippen LogP contribution in [0.3, 0.4) is 0 Å². The van der Waals surface area contributed by atoms with E-state index in [0.717, 1.165) is 38.4 Å². The SMILES string of the molecule is CCN1CCN(c2ccc(NC(=O)CC(C)C)c(C(=O)O)c2)CC1.